The highest BCUT2D eigenvalue weighted by molar-refractivity contribution is 6.38. The molecule has 0 spiro atoms. The van der Waals surface area contributed by atoms with Crippen LogP contribution < -0.4 is 0 Å². The zero-order chi connectivity index (χ0) is 9.19. The Labute approximate surface area is 76.0 Å². The molecule has 12 heavy (non-hydrogen) atoms. The summed E-state index contributed by atoms with van der Waals surface area (Å²) in [7, 11) is 1.43. The number of hydrogen-bond donors (Lipinski definition) is 0. The molecule has 0 unspecified atom stereocenters. The van der Waals surface area contributed by atoms with Crippen molar-refractivity contribution in [1.82, 2.24) is 0 Å². The van der Waals surface area contributed by atoms with E-state index in [1.54, 1.807) is 0 Å². The second-order valence-electron chi connectivity index (χ2n) is 3.04. The predicted octanol–water partition coefficient (Wildman–Crippen LogP) is 0.933. The third kappa shape index (κ3) is 2.29. The van der Waals surface area contributed by atoms with E-state index < -0.39 is 4.87 Å². The molecule has 68 valence electrons. The summed E-state index contributed by atoms with van der Waals surface area (Å²) < 4.78 is 4.59. The molecular formula is C8H11ClO3. The maximum absolute atomic E-state index is 11.2. The Hall–Kier alpha value is -0.410. The van der Waals surface area contributed by atoms with Crippen molar-refractivity contribution in [3.8, 4) is 0 Å². The summed E-state index contributed by atoms with van der Waals surface area (Å²) in [5, 5.41) is 0. The molecule has 0 bridgehead atoms. The number of alkyl halides is 1. The average molecular weight is 191 g/mol. The van der Waals surface area contributed by atoms with Crippen LogP contribution in [0.15, 0.2) is 0 Å². The monoisotopic (exact) mass is 190 g/mol. The van der Waals surface area contributed by atoms with Crippen LogP contribution in [-0.2, 0) is 14.3 Å². The highest BCUT2D eigenvalue weighted by atomic mass is 35.5. The molecule has 0 atom stereocenters. The lowest BCUT2D eigenvalue weighted by Gasteiger charge is -2.02. The minimum Gasteiger partial charge on any atom is -0.377 e. The molecule has 0 aromatic heterocycles. The predicted molar refractivity (Wildman–Crippen MR) is 44.3 cm³/mol. The Morgan fingerprint density at radius 3 is 2.50 bits per heavy atom. The van der Waals surface area contributed by atoms with E-state index >= 15 is 0 Å². The van der Waals surface area contributed by atoms with Crippen LogP contribution in [0.25, 0.3) is 0 Å². The van der Waals surface area contributed by atoms with Gasteiger partial charge in [0.15, 0.2) is 11.6 Å². The SMILES string of the molecule is COCC(=O)CC(=O)C1(Cl)CC1. The van der Waals surface area contributed by atoms with Gasteiger partial charge in [-0.3, -0.25) is 9.59 Å². The first kappa shape index (κ1) is 9.68. The lowest BCUT2D eigenvalue weighted by molar-refractivity contribution is -0.129. The molecule has 1 aliphatic rings. The van der Waals surface area contributed by atoms with Crippen molar-refractivity contribution in [1.29, 1.82) is 0 Å². The zero-order valence-electron chi connectivity index (χ0n) is 6.93. The molecule has 1 fully saturated rings. The van der Waals surface area contributed by atoms with Crippen molar-refractivity contribution in [2.24, 2.45) is 0 Å². The lowest BCUT2D eigenvalue weighted by atomic mass is 10.1. The van der Waals surface area contributed by atoms with Gasteiger partial charge in [-0.1, -0.05) is 0 Å². The van der Waals surface area contributed by atoms with E-state index in [0.717, 1.165) is 0 Å². The third-order valence-corrected chi connectivity index (χ3v) is 2.44. The summed E-state index contributed by atoms with van der Waals surface area (Å²) in [5.41, 5.74) is 0. The fraction of sp³-hybridized carbons (Fsp3) is 0.750. The molecule has 4 heteroatoms. The van der Waals surface area contributed by atoms with Crippen LogP contribution in [0.4, 0.5) is 0 Å². The number of halogens is 1. The molecular weight excluding hydrogens is 180 g/mol. The molecule has 0 radical (unpaired) electrons. The number of ether oxygens (including phenoxy) is 1. The molecule has 0 N–H and O–H groups in total. The van der Waals surface area contributed by atoms with Gasteiger partial charge in [0.25, 0.3) is 0 Å². The standard InChI is InChI=1S/C8H11ClO3/c1-12-5-6(10)4-7(11)8(9)2-3-8/h2-5H2,1H3. The molecule has 1 rings (SSSR count). The number of rotatable bonds is 5. The Morgan fingerprint density at radius 1 is 1.50 bits per heavy atom. The highest BCUT2D eigenvalue weighted by Gasteiger charge is 2.47. The first-order chi connectivity index (χ1) is 5.58. The average Bonchev–Trinajstić information content (AvgIpc) is 2.69. The second-order valence-corrected chi connectivity index (χ2v) is 3.76. The van der Waals surface area contributed by atoms with Gasteiger partial charge < -0.3 is 4.74 Å². The van der Waals surface area contributed by atoms with Crippen molar-refractivity contribution in [3.05, 3.63) is 0 Å². The molecule has 0 aromatic rings. The molecule has 0 saturated heterocycles. The third-order valence-electron chi connectivity index (χ3n) is 1.85. The van der Waals surface area contributed by atoms with Gasteiger partial charge >= 0.3 is 0 Å². The van der Waals surface area contributed by atoms with E-state index in [1.807, 2.05) is 0 Å². The molecule has 1 aliphatic carbocycles. The fourth-order valence-electron chi connectivity index (χ4n) is 0.938. The van der Waals surface area contributed by atoms with Gasteiger partial charge in [-0.25, -0.2) is 0 Å². The van der Waals surface area contributed by atoms with E-state index in [1.165, 1.54) is 7.11 Å². The Bertz CT molecular complexity index is 208. The van der Waals surface area contributed by atoms with E-state index in [-0.39, 0.29) is 24.6 Å². The topological polar surface area (TPSA) is 43.4 Å². The highest BCUT2D eigenvalue weighted by Crippen LogP contribution is 2.43. The first-order valence-corrected chi connectivity index (χ1v) is 4.19. The van der Waals surface area contributed by atoms with Crippen molar-refractivity contribution in [2.75, 3.05) is 13.7 Å². The maximum atomic E-state index is 11.2. The Morgan fingerprint density at radius 2 is 2.08 bits per heavy atom. The summed E-state index contributed by atoms with van der Waals surface area (Å²) in [6.07, 6.45) is 1.32. The summed E-state index contributed by atoms with van der Waals surface area (Å²) in [4.78, 5) is 21.4. The molecule has 0 aliphatic heterocycles. The van der Waals surface area contributed by atoms with Crippen molar-refractivity contribution >= 4 is 23.2 Å². The Kier molecular flexibility index (Phi) is 2.85. The van der Waals surface area contributed by atoms with Gasteiger partial charge in [0, 0.05) is 7.11 Å². The van der Waals surface area contributed by atoms with E-state index in [4.69, 9.17) is 11.6 Å². The normalized spacial score (nSPS) is 18.8. The molecule has 0 aromatic carbocycles. The summed E-state index contributed by atoms with van der Waals surface area (Å²) in [5.74, 6) is -0.361. The number of carbonyl (C=O) groups excluding carboxylic acids is 2. The van der Waals surface area contributed by atoms with E-state index in [0.29, 0.717) is 12.8 Å². The van der Waals surface area contributed by atoms with Crippen LogP contribution in [-0.4, -0.2) is 30.2 Å². The minimum absolute atomic E-state index is 0.00128. The molecule has 1 saturated carbocycles. The summed E-state index contributed by atoms with van der Waals surface area (Å²) in [6, 6.07) is 0. The quantitative estimate of drug-likeness (QED) is 0.479. The van der Waals surface area contributed by atoms with Gasteiger partial charge in [0.1, 0.15) is 11.5 Å². The number of ketones is 2. The van der Waals surface area contributed by atoms with E-state index in [9.17, 15) is 9.59 Å². The smallest absolute Gasteiger partial charge is 0.165 e. The summed E-state index contributed by atoms with van der Waals surface area (Å²) in [6.45, 7) is -0.00128. The number of Topliss-reactive ketones (excluding diaryl/α,β-unsaturated/α-hetero) is 2. The molecule has 3 nitrogen and oxygen atoms in total. The molecule has 0 amide bonds. The lowest BCUT2D eigenvalue weighted by Crippen LogP contribution is -2.21. The zero-order valence-corrected chi connectivity index (χ0v) is 7.69. The number of hydrogen-bond acceptors (Lipinski definition) is 3. The van der Waals surface area contributed by atoms with Gasteiger partial charge in [0.05, 0.1) is 6.42 Å². The van der Waals surface area contributed by atoms with Crippen molar-refractivity contribution < 1.29 is 14.3 Å². The van der Waals surface area contributed by atoms with Crippen LogP contribution in [0.5, 0.6) is 0 Å². The number of carbonyl (C=O) groups is 2. The number of methoxy groups -OCH3 is 1. The largest absolute Gasteiger partial charge is 0.377 e. The maximum Gasteiger partial charge on any atom is 0.165 e. The van der Waals surface area contributed by atoms with E-state index in [2.05, 4.69) is 4.74 Å². The second kappa shape index (κ2) is 3.54. The fourth-order valence-corrected chi connectivity index (χ4v) is 1.10. The minimum atomic E-state index is -0.705. The first-order valence-electron chi connectivity index (χ1n) is 3.81. The van der Waals surface area contributed by atoms with Gasteiger partial charge in [0.2, 0.25) is 0 Å². The van der Waals surface area contributed by atoms with Gasteiger partial charge in [-0.2, -0.15) is 0 Å². The van der Waals surface area contributed by atoms with Gasteiger partial charge in [-0.05, 0) is 12.8 Å². The Balaban J connectivity index is 2.31. The van der Waals surface area contributed by atoms with Crippen LogP contribution >= 0.6 is 11.6 Å². The summed E-state index contributed by atoms with van der Waals surface area (Å²) >= 11 is 5.80. The van der Waals surface area contributed by atoms with Crippen LogP contribution in [0.1, 0.15) is 19.3 Å². The molecule has 0 heterocycles. The van der Waals surface area contributed by atoms with Gasteiger partial charge in [-0.15, -0.1) is 11.6 Å². The van der Waals surface area contributed by atoms with Crippen molar-refractivity contribution in [3.63, 3.8) is 0 Å². The van der Waals surface area contributed by atoms with Crippen LogP contribution in [0.2, 0.25) is 0 Å². The van der Waals surface area contributed by atoms with Crippen molar-refractivity contribution in [2.45, 2.75) is 24.1 Å². The van der Waals surface area contributed by atoms with Crippen LogP contribution in [0.3, 0.4) is 0 Å². The van der Waals surface area contributed by atoms with Crippen LogP contribution in [0, 0.1) is 0 Å².